The van der Waals surface area contributed by atoms with E-state index in [1.807, 2.05) is 0 Å². The molecule has 0 aliphatic rings. The summed E-state index contributed by atoms with van der Waals surface area (Å²) in [4.78, 5) is 11.6. The fourth-order valence-corrected chi connectivity index (χ4v) is 1.29. The highest BCUT2D eigenvalue weighted by Gasteiger charge is 2.14. The molecule has 86 valence electrons. The Hall–Kier alpha value is -1.84. The molecule has 1 aromatic carbocycles. The van der Waals surface area contributed by atoms with Gasteiger partial charge in [0.15, 0.2) is 0 Å². The maximum atomic E-state index is 13.6. The van der Waals surface area contributed by atoms with Gasteiger partial charge in [0.2, 0.25) is 0 Å². The van der Waals surface area contributed by atoms with Gasteiger partial charge in [-0.2, -0.15) is 0 Å². The summed E-state index contributed by atoms with van der Waals surface area (Å²) in [5.74, 6) is -1.01. The Morgan fingerprint density at radius 2 is 2.19 bits per heavy atom. The summed E-state index contributed by atoms with van der Waals surface area (Å²) in [6, 6.07) is 2.82. The summed E-state index contributed by atoms with van der Waals surface area (Å²) < 4.78 is 13.6. The third kappa shape index (κ3) is 2.82. The van der Waals surface area contributed by atoms with E-state index in [1.54, 1.807) is 13.8 Å². The number of nitrogens with one attached hydrogen (secondary N) is 1. The van der Waals surface area contributed by atoms with Crippen molar-refractivity contribution in [2.45, 2.75) is 13.8 Å². The number of nitrogens with two attached hydrogens (primary N) is 1. The molecule has 0 spiro atoms. The standard InChI is InChI=1S/C12H15FN2O/c1-7(2)6-15-12(16)10-5-9(14)4-8(3)11(10)13/h4-5H,1,6,14H2,2-3H3,(H,15,16). The van der Waals surface area contributed by atoms with Crippen molar-refractivity contribution in [1.29, 1.82) is 0 Å². The zero-order valence-electron chi connectivity index (χ0n) is 9.43. The van der Waals surface area contributed by atoms with Gasteiger partial charge >= 0.3 is 0 Å². The van der Waals surface area contributed by atoms with Crippen LogP contribution in [0.3, 0.4) is 0 Å². The van der Waals surface area contributed by atoms with Gasteiger partial charge in [-0.15, -0.1) is 0 Å². The minimum absolute atomic E-state index is 0.0289. The molecule has 16 heavy (non-hydrogen) atoms. The van der Waals surface area contributed by atoms with Gasteiger partial charge in [0.25, 0.3) is 5.91 Å². The molecule has 0 unspecified atom stereocenters. The largest absolute Gasteiger partial charge is 0.399 e. The summed E-state index contributed by atoms with van der Waals surface area (Å²) in [6.07, 6.45) is 0. The van der Waals surface area contributed by atoms with Crippen LogP contribution in [0.2, 0.25) is 0 Å². The Morgan fingerprint density at radius 1 is 1.56 bits per heavy atom. The van der Waals surface area contributed by atoms with E-state index in [9.17, 15) is 9.18 Å². The fourth-order valence-electron chi connectivity index (χ4n) is 1.29. The molecule has 0 radical (unpaired) electrons. The van der Waals surface area contributed by atoms with Gasteiger partial charge < -0.3 is 11.1 Å². The van der Waals surface area contributed by atoms with Crippen LogP contribution < -0.4 is 11.1 Å². The van der Waals surface area contributed by atoms with Gasteiger partial charge in [0.1, 0.15) is 5.82 Å². The Labute approximate surface area is 94.1 Å². The minimum atomic E-state index is -0.534. The van der Waals surface area contributed by atoms with Gasteiger partial charge in [0, 0.05) is 12.2 Å². The number of carbonyl (C=O) groups excluding carboxylic acids is 1. The van der Waals surface area contributed by atoms with E-state index >= 15 is 0 Å². The minimum Gasteiger partial charge on any atom is -0.399 e. The highest BCUT2D eigenvalue weighted by atomic mass is 19.1. The molecule has 1 amide bonds. The van der Waals surface area contributed by atoms with Gasteiger partial charge in [-0.3, -0.25) is 4.79 Å². The lowest BCUT2D eigenvalue weighted by Crippen LogP contribution is -2.26. The summed E-state index contributed by atoms with van der Waals surface area (Å²) in [5.41, 5.74) is 7.07. The van der Waals surface area contributed by atoms with E-state index in [-0.39, 0.29) is 5.56 Å². The number of rotatable bonds is 3. The number of halogens is 1. The average molecular weight is 222 g/mol. The monoisotopic (exact) mass is 222 g/mol. The lowest BCUT2D eigenvalue weighted by atomic mass is 10.1. The van der Waals surface area contributed by atoms with E-state index in [0.29, 0.717) is 17.8 Å². The van der Waals surface area contributed by atoms with Crippen molar-refractivity contribution in [1.82, 2.24) is 5.32 Å². The number of nitrogen functional groups attached to an aromatic ring is 1. The molecule has 0 fully saturated rings. The van der Waals surface area contributed by atoms with E-state index < -0.39 is 11.7 Å². The van der Waals surface area contributed by atoms with Crippen LogP contribution in [0.4, 0.5) is 10.1 Å². The molecule has 0 saturated heterocycles. The molecular formula is C12H15FN2O. The van der Waals surface area contributed by atoms with Gasteiger partial charge in [-0.25, -0.2) is 4.39 Å². The van der Waals surface area contributed by atoms with Crippen molar-refractivity contribution in [2.24, 2.45) is 0 Å². The Bertz CT molecular complexity index is 441. The molecule has 1 aromatic rings. The van der Waals surface area contributed by atoms with Crippen LogP contribution in [0.1, 0.15) is 22.8 Å². The topological polar surface area (TPSA) is 55.1 Å². The molecule has 0 saturated carbocycles. The van der Waals surface area contributed by atoms with Crippen LogP contribution in [0.5, 0.6) is 0 Å². The van der Waals surface area contributed by atoms with Crippen LogP contribution in [0.15, 0.2) is 24.3 Å². The van der Waals surface area contributed by atoms with Gasteiger partial charge in [-0.05, 0) is 31.5 Å². The third-order valence-corrected chi connectivity index (χ3v) is 2.07. The first kappa shape index (κ1) is 12.2. The molecule has 0 aromatic heterocycles. The molecule has 3 nitrogen and oxygen atoms in total. The summed E-state index contributed by atoms with van der Waals surface area (Å²) in [6.45, 7) is 7.32. The second-order valence-corrected chi connectivity index (χ2v) is 3.84. The normalized spacial score (nSPS) is 9.94. The molecule has 0 aliphatic carbocycles. The van der Waals surface area contributed by atoms with Crippen molar-refractivity contribution >= 4 is 11.6 Å². The van der Waals surface area contributed by atoms with Gasteiger partial charge in [0.05, 0.1) is 5.56 Å². The first-order valence-corrected chi connectivity index (χ1v) is 4.90. The Kier molecular flexibility index (Phi) is 3.66. The summed E-state index contributed by atoms with van der Waals surface area (Å²) >= 11 is 0. The molecule has 0 atom stereocenters. The zero-order valence-corrected chi connectivity index (χ0v) is 9.43. The van der Waals surface area contributed by atoms with Crippen LogP contribution in [-0.4, -0.2) is 12.5 Å². The number of amides is 1. The first-order valence-electron chi connectivity index (χ1n) is 4.90. The van der Waals surface area contributed by atoms with Crippen molar-refractivity contribution in [3.63, 3.8) is 0 Å². The predicted molar refractivity (Wildman–Crippen MR) is 62.7 cm³/mol. The second-order valence-electron chi connectivity index (χ2n) is 3.84. The van der Waals surface area contributed by atoms with Crippen LogP contribution >= 0.6 is 0 Å². The van der Waals surface area contributed by atoms with E-state index in [2.05, 4.69) is 11.9 Å². The molecule has 0 heterocycles. The van der Waals surface area contributed by atoms with Crippen LogP contribution in [0, 0.1) is 12.7 Å². The summed E-state index contributed by atoms with van der Waals surface area (Å²) in [7, 11) is 0. The second kappa shape index (κ2) is 4.79. The SMILES string of the molecule is C=C(C)CNC(=O)c1cc(N)cc(C)c1F. The third-order valence-electron chi connectivity index (χ3n) is 2.07. The van der Waals surface area contributed by atoms with Crippen molar-refractivity contribution in [3.05, 3.63) is 41.2 Å². The summed E-state index contributed by atoms with van der Waals surface area (Å²) in [5, 5.41) is 2.56. The number of aryl methyl sites for hydroxylation is 1. The van der Waals surface area contributed by atoms with Crippen LogP contribution in [0.25, 0.3) is 0 Å². The Balaban J connectivity index is 2.95. The molecular weight excluding hydrogens is 207 g/mol. The van der Waals surface area contributed by atoms with Crippen molar-refractivity contribution in [3.8, 4) is 0 Å². The zero-order chi connectivity index (χ0) is 12.3. The first-order chi connectivity index (χ1) is 7.41. The lowest BCUT2D eigenvalue weighted by molar-refractivity contribution is 0.0953. The number of hydrogen-bond acceptors (Lipinski definition) is 2. The van der Waals surface area contributed by atoms with Gasteiger partial charge in [-0.1, -0.05) is 12.2 Å². The maximum Gasteiger partial charge on any atom is 0.254 e. The fraction of sp³-hybridized carbons (Fsp3) is 0.250. The smallest absolute Gasteiger partial charge is 0.254 e. The quantitative estimate of drug-likeness (QED) is 0.607. The van der Waals surface area contributed by atoms with Crippen molar-refractivity contribution in [2.75, 3.05) is 12.3 Å². The van der Waals surface area contributed by atoms with E-state index in [4.69, 9.17) is 5.73 Å². The number of carbonyl (C=O) groups is 1. The molecule has 3 N–H and O–H groups in total. The maximum absolute atomic E-state index is 13.6. The average Bonchev–Trinajstić information content (AvgIpc) is 2.19. The lowest BCUT2D eigenvalue weighted by Gasteiger charge is -2.08. The highest BCUT2D eigenvalue weighted by molar-refractivity contribution is 5.95. The Morgan fingerprint density at radius 3 is 2.75 bits per heavy atom. The number of benzene rings is 1. The van der Waals surface area contributed by atoms with Crippen LogP contribution in [-0.2, 0) is 0 Å². The molecule has 0 aliphatic heterocycles. The number of hydrogen-bond donors (Lipinski definition) is 2. The molecule has 4 heteroatoms. The highest BCUT2D eigenvalue weighted by Crippen LogP contribution is 2.16. The molecule has 1 rings (SSSR count). The predicted octanol–water partition coefficient (Wildman–Crippen LogP) is 2.02. The molecule has 0 bridgehead atoms. The van der Waals surface area contributed by atoms with Crippen molar-refractivity contribution < 1.29 is 9.18 Å². The van der Waals surface area contributed by atoms with E-state index in [0.717, 1.165) is 5.57 Å². The van der Waals surface area contributed by atoms with E-state index in [1.165, 1.54) is 12.1 Å². The number of anilines is 1.